The highest BCUT2D eigenvalue weighted by Gasteiger charge is 2.10. The molecule has 36 heavy (non-hydrogen) atoms. The van der Waals surface area contributed by atoms with Gasteiger partial charge in [-0.3, -0.25) is 4.79 Å². The average Bonchev–Trinajstić information content (AvgIpc) is 3.21. The quantitative estimate of drug-likeness (QED) is 0.194. The number of fused-ring (bicyclic) bond motifs is 1. The van der Waals surface area contributed by atoms with E-state index < -0.39 is 0 Å². The standard InChI is InChI=1S/C30H34BrN3O2/c1-22-19-23(2)21-26(20-22)36-18-8-17-34-28-10-6-5-9-27(28)33-29(34)11-4-3-7-16-32-30(35)24-12-14-25(31)15-13-24/h5-6,9-10,12-15,19-21H,3-4,7-8,11,16-18H2,1-2H3,(H,32,35). The maximum atomic E-state index is 12.3. The topological polar surface area (TPSA) is 56.1 Å². The minimum Gasteiger partial charge on any atom is -0.494 e. The van der Waals surface area contributed by atoms with Crippen molar-refractivity contribution in [3.05, 3.63) is 93.7 Å². The Hall–Kier alpha value is -3.12. The number of amides is 1. The highest BCUT2D eigenvalue weighted by atomic mass is 79.9. The Balaban J connectivity index is 1.25. The second-order valence-corrected chi connectivity index (χ2v) is 10.2. The first-order chi connectivity index (χ1) is 17.5. The van der Waals surface area contributed by atoms with E-state index in [4.69, 9.17) is 9.72 Å². The van der Waals surface area contributed by atoms with Gasteiger partial charge in [0.1, 0.15) is 11.6 Å². The van der Waals surface area contributed by atoms with Crippen molar-refractivity contribution in [3.63, 3.8) is 0 Å². The van der Waals surface area contributed by atoms with E-state index in [1.165, 1.54) is 16.6 Å². The van der Waals surface area contributed by atoms with E-state index in [1.54, 1.807) is 0 Å². The third-order valence-electron chi connectivity index (χ3n) is 6.19. The van der Waals surface area contributed by atoms with Crippen molar-refractivity contribution in [2.45, 2.75) is 52.5 Å². The van der Waals surface area contributed by atoms with Gasteiger partial charge in [-0.1, -0.05) is 40.5 Å². The predicted octanol–water partition coefficient (Wildman–Crippen LogP) is 7.03. The number of hydrogen-bond acceptors (Lipinski definition) is 3. The number of aromatic nitrogens is 2. The first kappa shape index (κ1) is 26.0. The van der Waals surface area contributed by atoms with Gasteiger partial charge in [0, 0.05) is 29.5 Å². The number of halogens is 1. The Kier molecular flexibility index (Phi) is 9.17. The van der Waals surface area contributed by atoms with Crippen LogP contribution in [0.1, 0.15) is 53.0 Å². The third kappa shape index (κ3) is 7.20. The molecule has 3 aromatic carbocycles. The molecule has 1 N–H and O–H groups in total. The zero-order valence-electron chi connectivity index (χ0n) is 21.1. The van der Waals surface area contributed by atoms with Crippen molar-refractivity contribution in [2.24, 2.45) is 0 Å². The van der Waals surface area contributed by atoms with Crippen LogP contribution in [0.4, 0.5) is 0 Å². The fourth-order valence-corrected chi connectivity index (χ4v) is 4.75. The van der Waals surface area contributed by atoms with Crippen LogP contribution in [0, 0.1) is 13.8 Å². The van der Waals surface area contributed by atoms with Crippen LogP contribution in [0.2, 0.25) is 0 Å². The van der Waals surface area contributed by atoms with E-state index in [-0.39, 0.29) is 5.91 Å². The second kappa shape index (κ2) is 12.7. The maximum absolute atomic E-state index is 12.3. The molecule has 4 rings (SSSR count). The number of unbranched alkanes of at least 4 members (excludes halogenated alkanes) is 2. The van der Waals surface area contributed by atoms with Gasteiger partial charge in [-0.25, -0.2) is 4.98 Å². The molecule has 1 aromatic heterocycles. The molecule has 0 unspecified atom stereocenters. The van der Waals surface area contributed by atoms with Crippen LogP contribution in [0.3, 0.4) is 0 Å². The van der Waals surface area contributed by atoms with Gasteiger partial charge in [0.2, 0.25) is 0 Å². The van der Waals surface area contributed by atoms with E-state index in [1.807, 2.05) is 30.3 Å². The van der Waals surface area contributed by atoms with E-state index in [0.717, 1.165) is 60.2 Å². The minimum atomic E-state index is -0.0210. The fourth-order valence-electron chi connectivity index (χ4n) is 4.48. The molecule has 4 aromatic rings. The first-order valence-corrected chi connectivity index (χ1v) is 13.5. The molecule has 5 nitrogen and oxygen atoms in total. The lowest BCUT2D eigenvalue weighted by molar-refractivity contribution is 0.0953. The number of imidazole rings is 1. The fraction of sp³-hybridized carbons (Fsp3) is 0.333. The summed E-state index contributed by atoms with van der Waals surface area (Å²) in [6.45, 7) is 6.43. The van der Waals surface area contributed by atoms with Crippen molar-refractivity contribution >= 4 is 32.9 Å². The molecular weight excluding hydrogens is 514 g/mol. The molecule has 1 heterocycles. The van der Waals surface area contributed by atoms with Crippen LogP contribution < -0.4 is 10.1 Å². The zero-order valence-corrected chi connectivity index (χ0v) is 22.7. The Labute approximate surface area is 222 Å². The molecule has 0 aliphatic rings. The van der Waals surface area contributed by atoms with Crippen LogP contribution in [0.15, 0.2) is 71.2 Å². The molecule has 0 bridgehead atoms. The molecule has 0 radical (unpaired) electrons. The van der Waals surface area contributed by atoms with Crippen LogP contribution in [0.25, 0.3) is 11.0 Å². The van der Waals surface area contributed by atoms with Gasteiger partial charge < -0.3 is 14.6 Å². The molecule has 0 spiro atoms. The molecule has 1 amide bonds. The predicted molar refractivity (Wildman–Crippen MR) is 150 cm³/mol. The van der Waals surface area contributed by atoms with Gasteiger partial charge in [-0.2, -0.15) is 0 Å². The molecule has 0 fully saturated rings. The number of carbonyl (C=O) groups excluding carboxylic acids is 1. The summed E-state index contributed by atoms with van der Waals surface area (Å²) in [5.74, 6) is 2.05. The van der Waals surface area contributed by atoms with Crippen molar-refractivity contribution in [1.29, 1.82) is 0 Å². The van der Waals surface area contributed by atoms with E-state index in [2.05, 4.69) is 76.1 Å². The molecule has 188 valence electrons. The zero-order chi connectivity index (χ0) is 25.3. The molecule has 6 heteroatoms. The lowest BCUT2D eigenvalue weighted by atomic mass is 10.1. The Bertz CT molecular complexity index is 1280. The van der Waals surface area contributed by atoms with E-state index >= 15 is 0 Å². The largest absolute Gasteiger partial charge is 0.494 e. The number of carbonyl (C=O) groups is 1. The van der Waals surface area contributed by atoms with Crippen LogP contribution in [-0.2, 0) is 13.0 Å². The van der Waals surface area contributed by atoms with E-state index in [0.29, 0.717) is 18.7 Å². The van der Waals surface area contributed by atoms with E-state index in [9.17, 15) is 4.79 Å². The SMILES string of the molecule is Cc1cc(C)cc(OCCCn2c(CCCCCNC(=O)c3ccc(Br)cc3)nc3ccccc32)c1. The Morgan fingerprint density at radius 2 is 1.69 bits per heavy atom. The summed E-state index contributed by atoms with van der Waals surface area (Å²) in [6.07, 6.45) is 4.87. The monoisotopic (exact) mass is 547 g/mol. The Morgan fingerprint density at radius 3 is 2.47 bits per heavy atom. The summed E-state index contributed by atoms with van der Waals surface area (Å²) in [5.41, 5.74) is 5.36. The van der Waals surface area contributed by atoms with Gasteiger partial charge in [0.05, 0.1) is 17.6 Å². The normalized spacial score (nSPS) is 11.1. The summed E-state index contributed by atoms with van der Waals surface area (Å²) in [5, 5.41) is 3.02. The number of aryl methyl sites for hydroxylation is 4. The van der Waals surface area contributed by atoms with Crippen LogP contribution in [-0.4, -0.2) is 28.6 Å². The van der Waals surface area contributed by atoms with Gasteiger partial charge in [0.25, 0.3) is 5.91 Å². The van der Waals surface area contributed by atoms with Gasteiger partial charge >= 0.3 is 0 Å². The Morgan fingerprint density at radius 1 is 0.944 bits per heavy atom. The number of para-hydroxylation sites is 2. The van der Waals surface area contributed by atoms with Crippen molar-refractivity contribution < 1.29 is 9.53 Å². The number of rotatable bonds is 12. The van der Waals surface area contributed by atoms with Gasteiger partial charge in [-0.15, -0.1) is 0 Å². The lowest BCUT2D eigenvalue weighted by Crippen LogP contribution is -2.24. The number of hydrogen-bond donors (Lipinski definition) is 1. The van der Waals surface area contributed by atoms with Crippen molar-refractivity contribution in [2.75, 3.05) is 13.2 Å². The summed E-state index contributed by atoms with van der Waals surface area (Å²) in [7, 11) is 0. The molecular formula is C30H34BrN3O2. The molecule has 0 aliphatic heterocycles. The second-order valence-electron chi connectivity index (χ2n) is 9.27. The minimum absolute atomic E-state index is 0.0210. The smallest absolute Gasteiger partial charge is 0.251 e. The summed E-state index contributed by atoms with van der Waals surface area (Å²) < 4.78 is 9.34. The van der Waals surface area contributed by atoms with Crippen LogP contribution in [0.5, 0.6) is 5.75 Å². The maximum Gasteiger partial charge on any atom is 0.251 e. The lowest BCUT2D eigenvalue weighted by Gasteiger charge is -2.11. The molecule has 0 aliphatic carbocycles. The number of ether oxygens (including phenoxy) is 1. The van der Waals surface area contributed by atoms with Crippen molar-refractivity contribution in [1.82, 2.24) is 14.9 Å². The molecule has 0 saturated carbocycles. The number of benzene rings is 3. The summed E-state index contributed by atoms with van der Waals surface area (Å²) >= 11 is 3.40. The summed E-state index contributed by atoms with van der Waals surface area (Å²) in [4.78, 5) is 17.2. The van der Waals surface area contributed by atoms with Gasteiger partial charge in [0.15, 0.2) is 0 Å². The number of nitrogens with zero attached hydrogens (tertiary/aromatic N) is 2. The average molecular weight is 549 g/mol. The van der Waals surface area contributed by atoms with Crippen LogP contribution >= 0.6 is 15.9 Å². The number of nitrogens with one attached hydrogen (secondary N) is 1. The van der Waals surface area contributed by atoms with Crippen molar-refractivity contribution in [3.8, 4) is 5.75 Å². The van der Waals surface area contributed by atoms with Gasteiger partial charge in [-0.05, 0) is 92.8 Å². The summed E-state index contributed by atoms with van der Waals surface area (Å²) in [6, 6.07) is 22.1. The highest BCUT2D eigenvalue weighted by molar-refractivity contribution is 9.10. The molecule has 0 saturated heterocycles. The first-order valence-electron chi connectivity index (χ1n) is 12.7. The third-order valence-corrected chi connectivity index (χ3v) is 6.72. The molecule has 0 atom stereocenters. The highest BCUT2D eigenvalue weighted by Crippen LogP contribution is 2.20.